The molecule has 1 saturated carbocycles. The van der Waals surface area contributed by atoms with Gasteiger partial charge in [0.25, 0.3) is 5.91 Å². The molecule has 2 aromatic heterocycles. The number of benzene rings is 1. The molecule has 2 amide bonds. The Morgan fingerprint density at radius 2 is 2.00 bits per heavy atom. The van der Waals surface area contributed by atoms with Crippen LogP contribution >= 0.6 is 0 Å². The summed E-state index contributed by atoms with van der Waals surface area (Å²) in [4.78, 5) is 38.0. The summed E-state index contributed by atoms with van der Waals surface area (Å²) in [6.45, 7) is 1.03. The zero-order chi connectivity index (χ0) is 23.7. The lowest BCUT2D eigenvalue weighted by Crippen LogP contribution is -2.47. The molecule has 1 aromatic carbocycles. The Labute approximate surface area is 195 Å². The number of fused-ring (bicyclic) bond motifs is 1. The van der Waals surface area contributed by atoms with Crippen molar-refractivity contribution >= 4 is 22.8 Å². The van der Waals surface area contributed by atoms with Crippen molar-refractivity contribution in [3.05, 3.63) is 42.1 Å². The number of likely N-dealkylation sites (tertiary alicyclic amines) is 1. The molecular formula is C24H26FN5O4. The fourth-order valence-corrected chi connectivity index (χ4v) is 4.26. The van der Waals surface area contributed by atoms with Crippen molar-refractivity contribution in [2.24, 2.45) is 5.92 Å². The van der Waals surface area contributed by atoms with Gasteiger partial charge in [0, 0.05) is 30.9 Å². The van der Waals surface area contributed by atoms with Crippen LogP contribution in [0.2, 0.25) is 0 Å². The van der Waals surface area contributed by atoms with Crippen molar-refractivity contribution in [1.82, 2.24) is 25.2 Å². The first kappa shape index (κ1) is 22.3. The van der Waals surface area contributed by atoms with E-state index in [-0.39, 0.29) is 17.9 Å². The van der Waals surface area contributed by atoms with E-state index < -0.39 is 12.4 Å². The molecule has 0 atom stereocenters. The van der Waals surface area contributed by atoms with Gasteiger partial charge in [0.15, 0.2) is 0 Å². The number of ether oxygens (including phenoxy) is 1. The highest BCUT2D eigenvalue weighted by atomic mass is 19.1. The lowest BCUT2D eigenvalue weighted by molar-refractivity contribution is -0.135. The third-order valence-corrected chi connectivity index (χ3v) is 6.39. The number of H-pyrrole nitrogens is 1. The maximum Gasteiger partial charge on any atom is 0.255 e. The molecule has 2 aliphatic rings. The van der Waals surface area contributed by atoms with Crippen molar-refractivity contribution in [2.75, 3.05) is 26.3 Å². The number of carbonyl (C=O) groups excluding carboxylic acids is 2. The first-order valence-electron chi connectivity index (χ1n) is 11.5. The molecule has 5 rings (SSSR count). The van der Waals surface area contributed by atoms with Gasteiger partial charge in [0.05, 0.1) is 17.7 Å². The van der Waals surface area contributed by atoms with Crippen molar-refractivity contribution in [1.29, 1.82) is 0 Å². The van der Waals surface area contributed by atoms with Gasteiger partial charge in [-0.05, 0) is 49.8 Å². The van der Waals surface area contributed by atoms with Crippen LogP contribution in [0.4, 0.5) is 4.39 Å². The average Bonchev–Trinajstić information content (AvgIpc) is 3.58. The predicted octanol–water partition coefficient (Wildman–Crippen LogP) is 2.27. The minimum absolute atomic E-state index is 0.0906. The van der Waals surface area contributed by atoms with Gasteiger partial charge in [0.1, 0.15) is 35.7 Å². The Morgan fingerprint density at radius 1 is 1.21 bits per heavy atom. The van der Waals surface area contributed by atoms with Crippen molar-refractivity contribution in [2.45, 2.75) is 31.7 Å². The smallest absolute Gasteiger partial charge is 0.255 e. The molecular weight excluding hydrogens is 441 g/mol. The summed E-state index contributed by atoms with van der Waals surface area (Å²) < 4.78 is 20.1. The Morgan fingerprint density at radius 3 is 2.74 bits per heavy atom. The number of hydrogen-bond donors (Lipinski definition) is 3. The van der Waals surface area contributed by atoms with Gasteiger partial charge in [-0.3, -0.25) is 9.59 Å². The third-order valence-electron chi connectivity index (χ3n) is 6.39. The Balaban J connectivity index is 1.36. The molecule has 3 N–H and O–H groups in total. The quantitative estimate of drug-likeness (QED) is 0.490. The molecule has 0 bridgehead atoms. The van der Waals surface area contributed by atoms with Gasteiger partial charge in [-0.1, -0.05) is 0 Å². The van der Waals surface area contributed by atoms with Crippen LogP contribution in [0.25, 0.3) is 22.3 Å². The fourth-order valence-electron chi connectivity index (χ4n) is 4.26. The summed E-state index contributed by atoms with van der Waals surface area (Å²) in [6, 6.07) is 4.25. The van der Waals surface area contributed by atoms with E-state index in [4.69, 9.17) is 9.84 Å². The van der Waals surface area contributed by atoms with Crippen molar-refractivity contribution < 1.29 is 23.8 Å². The number of carbonyl (C=O) groups is 2. The minimum Gasteiger partial charge on any atom is -0.493 e. The molecule has 10 heteroatoms. The number of rotatable bonds is 7. The van der Waals surface area contributed by atoms with E-state index in [2.05, 4.69) is 20.3 Å². The number of aromatic amines is 1. The Hall–Kier alpha value is -3.53. The molecule has 0 unspecified atom stereocenters. The van der Waals surface area contributed by atoms with E-state index in [1.54, 1.807) is 17.2 Å². The van der Waals surface area contributed by atoms with E-state index in [1.165, 1.54) is 18.5 Å². The van der Waals surface area contributed by atoms with Crippen molar-refractivity contribution in [3.8, 4) is 17.0 Å². The van der Waals surface area contributed by atoms with Crippen molar-refractivity contribution in [3.63, 3.8) is 0 Å². The summed E-state index contributed by atoms with van der Waals surface area (Å²) in [5, 5.41) is 12.0. The fraction of sp³-hybridized carbons (Fsp3) is 0.417. The molecule has 34 heavy (non-hydrogen) atoms. The Bertz CT molecular complexity index is 1220. The Kier molecular flexibility index (Phi) is 6.14. The highest BCUT2D eigenvalue weighted by Gasteiger charge is 2.26. The predicted molar refractivity (Wildman–Crippen MR) is 122 cm³/mol. The van der Waals surface area contributed by atoms with Crippen LogP contribution in [-0.4, -0.2) is 69.1 Å². The maximum absolute atomic E-state index is 14.1. The SMILES string of the molecule is O=C(NC1CCN(C(=O)CO)CC1)c1c[nH]c2c(-c3cc(F)ccc3OCC3CC3)ncnc12. The number of aliphatic hydroxyl groups excluding tert-OH is 1. The molecule has 0 radical (unpaired) electrons. The molecule has 3 heterocycles. The standard InChI is InChI=1S/C24H26FN5O4/c25-15-3-4-19(34-12-14-1-2-14)17(9-15)21-23-22(28-13-27-21)18(10-26-23)24(33)29-16-5-7-30(8-6-16)20(32)11-31/h3-4,9-10,13-14,16,26,31H,1-2,5-8,11-12H2,(H,29,33). The number of nitrogens with zero attached hydrogens (tertiary/aromatic N) is 3. The molecule has 3 aromatic rings. The lowest BCUT2D eigenvalue weighted by atomic mass is 10.0. The monoisotopic (exact) mass is 467 g/mol. The van der Waals surface area contributed by atoms with Crippen LogP contribution in [0.15, 0.2) is 30.7 Å². The number of amides is 2. The van der Waals surface area contributed by atoms with E-state index in [0.717, 1.165) is 12.8 Å². The highest BCUT2D eigenvalue weighted by Crippen LogP contribution is 2.36. The van der Waals surface area contributed by atoms with Gasteiger partial charge in [0.2, 0.25) is 5.91 Å². The molecule has 178 valence electrons. The molecule has 0 spiro atoms. The molecule has 1 aliphatic heterocycles. The van der Waals surface area contributed by atoms with E-state index in [1.807, 2.05) is 0 Å². The van der Waals surface area contributed by atoms with Crippen LogP contribution in [0.5, 0.6) is 5.75 Å². The average molecular weight is 468 g/mol. The van der Waals surface area contributed by atoms with Crippen LogP contribution in [0.1, 0.15) is 36.0 Å². The summed E-state index contributed by atoms with van der Waals surface area (Å²) in [5.74, 6) is 0.0858. The van der Waals surface area contributed by atoms with Crippen LogP contribution in [0, 0.1) is 11.7 Å². The number of piperidine rings is 1. The van der Waals surface area contributed by atoms with Gasteiger partial charge < -0.3 is 25.0 Å². The highest BCUT2D eigenvalue weighted by molar-refractivity contribution is 6.07. The van der Waals surface area contributed by atoms with E-state index >= 15 is 0 Å². The van der Waals surface area contributed by atoms with Crippen LogP contribution < -0.4 is 10.1 Å². The number of aliphatic hydroxyl groups is 1. The first-order valence-corrected chi connectivity index (χ1v) is 11.5. The maximum atomic E-state index is 14.1. The van der Waals surface area contributed by atoms with Gasteiger partial charge in [-0.25, -0.2) is 14.4 Å². The second kappa shape index (κ2) is 9.38. The normalized spacial score (nSPS) is 16.6. The molecule has 2 fully saturated rings. The van der Waals surface area contributed by atoms with Gasteiger partial charge in [-0.15, -0.1) is 0 Å². The number of halogens is 1. The number of nitrogens with one attached hydrogen (secondary N) is 2. The summed E-state index contributed by atoms with van der Waals surface area (Å²) in [5.41, 5.74) is 2.29. The van der Waals surface area contributed by atoms with Gasteiger partial charge >= 0.3 is 0 Å². The molecule has 1 aliphatic carbocycles. The number of hydrogen-bond acceptors (Lipinski definition) is 6. The molecule has 9 nitrogen and oxygen atoms in total. The second-order valence-corrected chi connectivity index (χ2v) is 8.83. The second-order valence-electron chi connectivity index (χ2n) is 8.83. The van der Waals surface area contributed by atoms with E-state index in [9.17, 15) is 14.0 Å². The lowest BCUT2D eigenvalue weighted by Gasteiger charge is -2.32. The van der Waals surface area contributed by atoms with E-state index in [0.29, 0.717) is 72.1 Å². The van der Waals surface area contributed by atoms with Crippen LogP contribution in [0.3, 0.4) is 0 Å². The summed E-state index contributed by atoms with van der Waals surface area (Å²) >= 11 is 0. The zero-order valence-electron chi connectivity index (χ0n) is 18.6. The van der Waals surface area contributed by atoms with Gasteiger partial charge in [-0.2, -0.15) is 0 Å². The first-order chi connectivity index (χ1) is 16.5. The largest absolute Gasteiger partial charge is 0.493 e. The molecule has 1 saturated heterocycles. The topological polar surface area (TPSA) is 120 Å². The summed E-state index contributed by atoms with van der Waals surface area (Å²) in [7, 11) is 0. The van der Waals surface area contributed by atoms with Crippen LogP contribution in [-0.2, 0) is 4.79 Å². The number of aromatic nitrogens is 3. The summed E-state index contributed by atoms with van der Waals surface area (Å²) in [6.07, 6.45) is 6.42. The third kappa shape index (κ3) is 4.58. The zero-order valence-corrected chi connectivity index (χ0v) is 18.6. The minimum atomic E-state index is -0.507.